The number of aliphatic hydroxyl groups is 1. The number of benzene rings is 2. The highest BCUT2D eigenvalue weighted by molar-refractivity contribution is 8.00. The molecule has 5 rings (SSSR count). The quantitative estimate of drug-likeness (QED) is 0.156. The van der Waals surface area contributed by atoms with Crippen molar-refractivity contribution in [2.75, 3.05) is 4.90 Å². The van der Waals surface area contributed by atoms with Gasteiger partial charge in [0, 0.05) is 15.8 Å². The zero-order chi connectivity index (χ0) is 25.4. The minimum absolute atomic E-state index is 0.0113. The molecule has 2 aromatic heterocycles. The van der Waals surface area contributed by atoms with Crippen molar-refractivity contribution in [1.82, 2.24) is 10.2 Å². The van der Waals surface area contributed by atoms with Crippen molar-refractivity contribution in [3.63, 3.8) is 0 Å². The minimum Gasteiger partial charge on any atom is -0.508 e. The van der Waals surface area contributed by atoms with Gasteiger partial charge in [0.05, 0.1) is 17.9 Å². The summed E-state index contributed by atoms with van der Waals surface area (Å²) in [7, 11) is 0. The van der Waals surface area contributed by atoms with E-state index in [1.54, 1.807) is 24.3 Å². The lowest BCUT2D eigenvalue weighted by atomic mass is 9.95. The second kappa shape index (κ2) is 9.98. The number of halogens is 2. The molecule has 0 saturated carbocycles. The average molecular weight is 560 g/mol. The first-order chi connectivity index (χ1) is 17.3. The molecule has 0 radical (unpaired) electrons. The van der Waals surface area contributed by atoms with Crippen molar-refractivity contribution < 1.29 is 24.2 Å². The van der Waals surface area contributed by atoms with Crippen LogP contribution >= 0.6 is 46.3 Å². The van der Waals surface area contributed by atoms with E-state index in [-0.39, 0.29) is 22.2 Å². The fourth-order valence-electron chi connectivity index (χ4n) is 3.68. The number of hydrogen-bond donors (Lipinski definition) is 2. The predicted molar refractivity (Wildman–Crippen MR) is 137 cm³/mol. The lowest BCUT2D eigenvalue weighted by molar-refractivity contribution is -0.117. The zero-order valence-electron chi connectivity index (χ0n) is 18.1. The van der Waals surface area contributed by atoms with E-state index < -0.39 is 23.5 Å². The van der Waals surface area contributed by atoms with E-state index in [1.807, 2.05) is 6.07 Å². The van der Waals surface area contributed by atoms with Crippen LogP contribution in [0.1, 0.15) is 27.7 Å². The molecule has 0 bridgehead atoms. The van der Waals surface area contributed by atoms with Gasteiger partial charge in [0.15, 0.2) is 15.9 Å². The second-order valence-corrected chi connectivity index (χ2v) is 10.6. The van der Waals surface area contributed by atoms with Crippen LogP contribution in [0.2, 0.25) is 10.0 Å². The summed E-state index contributed by atoms with van der Waals surface area (Å²) in [6.07, 6.45) is 1.33. The van der Waals surface area contributed by atoms with Crippen LogP contribution in [-0.2, 0) is 10.5 Å². The first-order valence-corrected chi connectivity index (χ1v) is 12.9. The molecule has 0 spiro atoms. The van der Waals surface area contributed by atoms with E-state index in [2.05, 4.69) is 10.2 Å². The van der Waals surface area contributed by atoms with Gasteiger partial charge < -0.3 is 14.6 Å². The number of furan rings is 1. The van der Waals surface area contributed by atoms with Crippen LogP contribution in [-0.4, -0.2) is 32.1 Å². The van der Waals surface area contributed by atoms with Gasteiger partial charge in [-0.05, 0) is 47.5 Å². The number of carbonyl (C=O) groups excluding carboxylic acids is 2. The molecule has 182 valence electrons. The van der Waals surface area contributed by atoms with Crippen molar-refractivity contribution >= 4 is 63.1 Å². The third-order valence-electron chi connectivity index (χ3n) is 5.37. The first-order valence-electron chi connectivity index (χ1n) is 10.4. The number of ketones is 1. The fourth-order valence-corrected chi connectivity index (χ4v) is 6.11. The van der Waals surface area contributed by atoms with Gasteiger partial charge in [-0.25, -0.2) is 0 Å². The Labute approximate surface area is 222 Å². The molecule has 1 amide bonds. The number of aromatic hydroxyl groups is 1. The van der Waals surface area contributed by atoms with E-state index in [9.17, 15) is 19.8 Å². The number of Topliss-reactive ketones (excluding diaryl/α,β-unsaturated/α-hetero) is 1. The molecule has 8 nitrogen and oxygen atoms in total. The molecule has 3 heterocycles. The number of aliphatic hydroxyl groups excluding tert-OH is 1. The smallest absolute Gasteiger partial charge is 0.296 e. The number of hydrogen-bond acceptors (Lipinski definition) is 9. The Morgan fingerprint density at radius 3 is 2.58 bits per heavy atom. The molecular weight excluding hydrogens is 545 g/mol. The number of amides is 1. The second-order valence-electron chi connectivity index (χ2n) is 7.61. The van der Waals surface area contributed by atoms with Crippen LogP contribution in [0.25, 0.3) is 0 Å². The molecule has 0 aliphatic carbocycles. The largest absolute Gasteiger partial charge is 0.508 e. The number of anilines is 1. The normalized spacial score (nSPS) is 15.7. The third-order valence-corrected chi connectivity index (χ3v) is 8.07. The number of carbonyl (C=O) groups is 2. The summed E-state index contributed by atoms with van der Waals surface area (Å²) in [6.45, 7) is 0. The van der Waals surface area contributed by atoms with Crippen molar-refractivity contribution in [1.29, 1.82) is 0 Å². The number of rotatable bonds is 7. The van der Waals surface area contributed by atoms with E-state index in [0.29, 0.717) is 25.7 Å². The summed E-state index contributed by atoms with van der Waals surface area (Å²) in [4.78, 5) is 27.6. The molecule has 4 aromatic rings. The molecule has 1 aliphatic rings. The molecule has 1 atom stereocenters. The van der Waals surface area contributed by atoms with Crippen LogP contribution in [0.3, 0.4) is 0 Å². The molecule has 2 aromatic carbocycles. The Kier molecular flexibility index (Phi) is 6.76. The van der Waals surface area contributed by atoms with Crippen molar-refractivity contribution in [3.8, 4) is 5.75 Å². The Balaban J connectivity index is 1.48. The number of nitrogens with zero attached hydrogens (tertiary/aromatic N) is 3. The van der Waals surface area contributed by atoms with Crippen molar-refractivity contribution in [2.45, 2.75) is 16.1 Å². The SMILES string of the molecule is O=C(C1=C(O)C(=O)N(c2nnc(SCc3ccc(Cl)cc3Cl)s2)C1c1ccc(O)cc1)c1ccco1. The van der Waals surface area contributed by atoms with Gasteiger partial charge in [0.1, 0.15) is 5.75 Å². The van der Waals surface area contributed by atoms with Gasteiger partial charge in [-0.1, -0.05) is 64.5 Å². The van der Waals surface area contributed by atoms with E-state index in [4.69, 9.17) is 27.6 Å². The molecular formula is C24H15Cl2N3O5S2. The molecule has 1 aliphatic heterocycles. The Morgan fingerprint density at radius 1 is 1.11 bits per heavy atom. The highest BCUT2D eigenvalue weighted by atomic mass is 35.5. The van der Waals surface area contributed by atoms with Crippen LogP contribution < -0.4 is 4.90 Å². The van der Waals surface area contributed by atoms with Gasteiger partial charge in [-0.2, -0.15) is 0 Å². The molecule has 12 heteroatoms. The number of phenolic OH excluding ortho intramolecular Hbond substituents is 1. The molecule has 0 saturated heterocycles. The number of aromatic nitrogens is 2. The van der Waals surface area contributed by atoms with Crippen LogP contribution in [0.15, 0.2) is 80.9 Å². The van der Waals surface area contributed by atoms with Crippen LogP contribution in [0.4, 0.5) is 5.13 Å². The molecule has 36 heavy (non-hydrogen) atoms. The maximum atomic E-state index is 13.2. The van der Waals surface area contributed by atoms with Crippen LogP contribution in [0, 0.1) is 0 Å². The van der Waals surface area contributed by atoms with Gasteiger partial charge in [0.2, 0.25) is 10.9 Å². The van der Waals surface area contributed by atoms with Gasteiger partial charge >= 0.3 is 0 Å². The van der Waals surface area contributed by atoms with Crippen molar-refractivity contribution in [2.24, 2.45) is 0 Å². The maximum Gasteiger partial charge on any atom is 0.296 e. The van der Waals surface area contributed by atoms with Gasteiger partial charge in [0.25, 0.3) is 5.91 Å². The Morgan fingerprint density at radius 2 is 1.89 bits per heavy atom. The van der Waals surface area contributed by atoms with E-state index in [0.717, 1.165) is 16.9 Å². The number of thioether (sulfide) groups is 1. The third kappa shape index (κ3) is 4.60. The van der Waals surface area contributed by atoms with Crippen LogP contribution in [0.5, 0.6) is 5.75 Å². The monoisotopic (exact) mass is 559 g/mol. The van der Waals surface area contributed by atoms with Gasteiger partial charge in [-0.3, -0.25) is 14.5 Å². The fraction of sp³-hybridized carbons (Fsp3) is 0.0833. The highest BCUT2D eigenvalue weighted by Gasteiger charge is 2.46. The average Bonchev–Trinajstić information content (AvgIpc) is 3.60. The standard InChI is InChI=1S/C24H15Cl2N3O5S2/c25-14-6-3-13(16(26)10-14)11-35-24-28-27-23(36-24)29-19(12-4-7-15(30)8-5-12)18(21(32)22(29)33)20(31)17-2-1-9-34-17/h1-10,19,30,32H,11H2. The number of phenols is 1. The van der Waals surface area contributed by atoms with E-state index >= 15 is 0 Å². The summed E-state index contributed by atoms with van der Waals surface area (Å²) in [6, 6.07) is 13.2. The topological polar surface area (TPSA) is 117 Å². The maximum absolute atomic E-state index is 13.2. The zero-order valence-corrected chi connectivity index (χ0v) is 21.2. The van der Waals surface area contributed by atoms with Gasteiger partial charge in [-0.15, -0.1) is 10.2 Å². The first kappa shape index (κ1) is 24.4. The predicted octanol–water partition coefficient (Wildman–Crippen LogP) is 6.22. The lowest BCUT2D eigenvalue weighted by Crippen LogP contribution is -2.31. The molecule has 2 N–H and O–H groups in total. The molecule has 0 fully saturated rings. The highest BCUT2D eigenvalue weighted by Crippen LogP contribution is 2.44. The summed E-state index contributed by atoms with van der Waals surface area (Å²) in [5.74, 6) is -1.65. The summed E-state index contributed by atoms with van der Waals surface area (Å²) >= 11 is 14.7. The molecule has 1 unspecified atom stereocenters. The Bertz CT molecular complexity index is 1490. The van der Waals surface area contributed by atoms with E-state index in [1.165, 1.54) is 47.2 Å². The lowest BCUT2D eigenvalue weighted by Gasteiger charge is -2.23. The summed E-state index contributed by atoms with van der Waals surface area (Å²) in [5.41, 5.74) is 1.18. The van der Waals surface area contributed by atoms with Crippen molar-refractivity contribution in [3.05, 3.63) is 99.1 Å². The minimum atomic E-state index is -1.01. The summed E-state index contributed by atoms with van der Waals surface area (Å²) < 4.78 is 5.77. The Hall–Kier alpha value is -3.31. The summed E-state index contributed by atoms with van der Waals surface area (Å²) in [5, 5.41) is 30.1.